The largest absolute Gasteiger partial charge is 0.377 e. The first-order valence-corrected chi connectivity index (χ1v) is 13.1. The van der Waals surface area contributed by atoms with Crippen LogP contribution in [0.25, 0.3) is 22.6 Å². The maximum absolute atomic E-state index is 13.3. The summed E-state index contributed by atoms with van der Waals surface area (Å²) in [7, 11) is 2.78. The zero-order chi connectivity index (χ0) is 28.8. The molecule has 4 aromatic rings. The molecule has 1 aliphatic carbocycles. The van der Waals surface area contributed by atoms with Crippen LogP contribution in [0, 0.1) is 11.8 Å². The van der Waals surface area contributed by atoms with Gasteiger partial charge in [-0.2, -0.15) is 0 Å². The predicted octanol–water partition coefficient (Wildman–Crippen LogP) is 0.0150. The van der Waals surface area contributed by atoms with Crippen molar-refractivity contribution in [3.63, 3.8) is 0 Å². The quantitative estimate of drug-likeness (QED) is 0.292. The molecular weight excluding hydrogens is 532 g/mol. The molecular formula is C26H28N10O5. The van der Waals surface area contributed by atoms with E-state index in [2.05, 4.69) is 35.1 Å². The van der Waals surface area contributed by atoms with Crippen LogP contribution in [0.3, 0.4) is 0 Å². The number of anilines is 2. The number of imidazole rings is 1. The van der Waals surface area contributed by atoms with Crippen molar-refractivity contribution in [3.05, 3.63) is 52.0 Å². The second-order valence-corrected chi connectivity index (χ2v) is 10.4. The van der Waals surface area contributed by atoms with Gasteiger partial charge in [0, 0.05) is 27.2 Å². The van der Waals surface area contributed by atoms with Gasteiger partial charge in [0.25, 0.3) is 5.56 Å². The Morgan fingerprint density at radius 3 is 2.56 bits per heavy atom. The standard InChI is InChI=1S/C26H28N10O5/c1-14(36-13-30-23-22(36)25(39)35(26(40)33(23)2)11-17(37)12-41-3)24(38)32-20-7-27-5-19(31-20)18-6-29-21(8-28-18)34-9-15-4-16(15)10-34/h5-8,13-16H,4,9-12H2,1-3H3,(H,31,32,38)/t14-,15?,16?/m0/s1. The first-order valence-electron chi connectivity index (χ1n) is 13.1. The van der Waals surface area contributed by atoms with Crippen molar-refractivity contribution in [2.24, 2.45) is 18.9 Å². The lowest BCUT2D eigenvalue weighted by Crippen LogP contribution is -2.42. The Morgan fingerprint density at radius 2 is 1.85 bits per heavy atom. The number of carbonyl (C=O) groups excluding carboxylic acids is 2. The summed E-state index contributed by atoms with van der Waals surface area (Å²) in [4.78, 5) is 75.4. The maximum atomic E-state index is 13.3. The fraction of sp³-hybridized carbons (Fsp3) is 0.423. The van der Waals surface area contributed by atoms with Crippen LogP contribution in [0.1, 0.15) is 19.4 Å². The molecule has 3 atom stereocenters. The Bertz CT molecular complexity index is 1770. The smallest absolute Gasteiger partial charge is 0.332 e. The van der Waals surface area contributed by atoms with Gasteiger partial charge in [-0.15, -0.1) is 0 Å². The molecule has 41 heavy (non-hydrogen) atoms. The number of hydrogen-bond acceptors (Lipinski definition) is 11. The molecule has 0 spiro atoms. The Balaban J connectivity index is 1.22. The van der Waals surface area contributed by atoms with Gasteiger partial charge in [-0.1, -0.05) is 0 Å². The van der Waals surface area contributed by atoms with E-state index >= 15 is 0 Å². The molecule has 2 aliphatic rings. The van der Waals surface area contributed by atoms with Crippen LogP contribution in [-0.4, -0.2) is 77.1 Å². The zero-order valence-corrected chi connectivity index (χ0v) is 22.7. The average molecular weight is 561 g/mol. The average Bonchev–Trinajstić information content (AvgIpc) is 3.35. The van der Waals surface area contributed by atoms with Crippen LogP contribution >= 0.6 is 0 Å². The Labute approximate surface area is 232 Å². The van der Waals surface area contributed by atoms with Gasteiger partial charge in [-0.05, 0) is 25.2 Å². The third kappa shape index (κ3) is 4.88. The highest BCUT2D eigenvalue weighted by atomic mass is 16.5. The second kappa shape index (κ2) is 10.3. The number of piperidine rings is 1. The minimum absolute atomic E-state index is 0.00507. The number of carbonyl (C=O) groups is 2. The van der Waals surface area contributed by atoms with Crippen molar-refractivity contribution >= 4 is 34.5 Å². The van der Waals surface area contributed by atoms with Crippen molar-refractivity contribution in [1.29, 1.82) is 0 Å². The number of aromatic nitrogens is 8. The van der Waals surface area contributed by atoms with Crippen LogP contribution in [0.15, 0.2) is 40.7 Å². The summed E-state index contributed by atoms with van der Waals surface area (Å²) >= 11 is 0. The number of nitrogens with one attached hydrogen (secondary N) is 1. The van der Waals surface area contributed by atoms with Gasteiger partial charge in [-0.3, -0.25) is 28.5 Å². The number of hydrogen-bond donors (Lipinski definition) is 1. The lowest BCUT2D eigenvalue weighted by atomic mass is 10.3. The number of methoxy groups -OCH3 is 1. The normalized spacial score (nSPS) is 18.4. The molecule has 2 unspecified atom stereocenters. The maximum Gasteiger partial charge on any atom is 0.332 e. The third-order valence-electron chi connectivity index (χ3n) is 7.58. The number of rotatable bonds is 9. The highest BCUT2D eigenvalue weighted by molar-refractivity contribution is 5.93. The lowest BCUT2D eigenvalue weighted by molar-refractivity contribution is -0.123. The summed E-state index contributed by atoms with van der Waals surface area (Å²) in [6, 6.07) is -0.926. The van der Waals surface area contributed by atoms with E-state index in [1.165, 1.54) is 43.9 Å². The molecule has 212 valence electrons. The molecule has 0 aromatic carbocycles. The second-order valence-electron chi connectivity index (χ2n) is 10.4. The molecule has 15 nitrogen and oxygen atoms in total. The summed E-state index contributed by atoms with van der Waals surface area (Å²) in [6.45, 7) is 2.89. The summed E-state index contributed by atoms with van der Waals surface area (Å²) in [6.07, 6.45) is 8.91. The molecule has 1 saturated carbocycles. The molecule has 0 radical (unpaired) electrons. The third-order valence-corrected chi connectivity index (χ3v) is 7.58. The fourth-order valence-corrected chi connectivity index (χ4v) is 5.21. The van der Waals surface area contributed by atoms with Gasteiger partial charge in [0.05, 0.1) is 37.7 Å². The summed E-state index contributed by atoms with van der Waals surface area (Å²) < 4.78 is 8.13. The molecule has 1 aliphatic heterocycles. The van der Waals surface area contributed by atoms with Gasteiger partial charge >= 0.3 is 5.69 Å². The first kappa shape index (κ1) is 26.4. The minimum Gasteiger partial charge on any atom is -0.377 e. The van der Waals surface area contributed by atoms with Crippen LogP contribution in [0.5, 0.6) is 0 Å². The van der Waals surface area contributed by atoms with Gasteiger partial charge in [0.15, 0.2) is 22.8 Å². The number of aryl methyl sites for hydroxylation is 1. The van der Waals surface area contributed by atoms with E-state index in [1.54, 1.807) is 19.3 Å². The SMILES string of the molecule is COCC(=O)Cn1c(=O)c2c(ncn2[C@@H](C)C(=O)Nc2cncc(-c3cnc(N4CC5CC5C4)cn3)n2)n(C)c1=O. The Kier molecular flexibility index (Phi) is 6.65. The van der Waals surface area contributed by atoms with Crippen LogP contribution < -0.4 is 21.5 Å². The number of fused-ring (bicyclic) bond motifs is 2. The van der Waals surface area contributed by atoms with Crippen molar-refractivity contribution < 1.29 is 14.3 Å². The minimum atomic E-state index is -0.926. The number of nitrogens with zero attached hydrogens (tertiary/aromatic N) is 9. The molecule has 5 heterocycles. The first-order chi connectivity index (χ1) is 19.7. The van der Waals surface area contributed by atoms with Gasteiger partial charge < -0.3 is 19.5 Å². The van der Waals surface area contributed by atoms with E-state index in [0.29, 0.717) is 11.4 Å². The van der Waals surface area contributed by atoms with E-state index in [9.17, 15) is 19.2 Å². The molecule has 15 heteroatoms. The van der Waals surface area contributed by atoms with E-state index in [0.717, 1.165) is 39.9 Å². The van der Waals surface area contributed by atoms with Crippen molar-refractivity contribution in [2.45, 2.75) is 25.9 Å². The monoisotopic (exact) mass is 560 g/mol. The van der Waals surface area contributed by atoms with E-state index in [4.69, 9.17) is 4.74 Å². The van der Waals surface area contributed by atoms with E-state index < -0.39 is 35.5 Å². The molecule has 1 amide bonds. The summed E-state index contributed by atoms with van der Waals surface area (Å²) in [5, 5.41) is 2.71. The molecule has 0 bridgehead atoms. The highest BCUT2D eigenvalue weighted by Crippen LogP contribution is 2.45. The van der Waals surface area contributed by atoms with E-state index in [1.807, 2.05) is 0 Å². The van der Waals surface area contributed by atoms with E-state index in [-0.39, 0.29) is 23.6 Å². The summed E-state index contributed by atoms with van der Waals surface area (Å²) in [5.74, 6) is 1.63. The van der Waals surface area contributed by atoms with Crippen LogP contribution in [0.4, 0.5) is 11.6 Å². The number of ketones is 1. The molecule has 1 saturated heterocycles. The Morgan fingerprint density at radius 1 is 1.07 bits per heavy atom. The topological polar surface area (TPSA) is 172 Å². The summed E-state index contributed by atoms with van der Waals surface area (Å²) in [5.41, 5.74) is -0.394. The van der Waals surface area contributed by atoms with Gasteiger partial charge in [0.2, 0.25) is 5.91 Å². The fourth-order valence-electron chi connectivity index (χ4n) is 5.21. The van der Waals surface area contributed by atoms with Gasteiger partial charge in [0.1, 0.15) is 29.9 Å². The number of amides is 1. The lowest BCUT2D eigenvalue weighted by Gasteiger charge is -2.18. The molecule has 4 aromatic heterocycles. The van der Waals surface area contributed by atoms with Crippen LogP contribution in [-0.2, 0) is 27.9 Å². The molecule has 2 fully saturated rings. The zero-order valence-electron chi connectivity index (χ0n) is 22.7. The highest BCUT2D eigenvalue weighted by Gasteiger charge is 2.45. The van der Waals surface area contributed by atoms with Crippen LogP contribution in [0.2, 0.25) is 0 Å². The van der Waals surface area contributed by atoms with Crippen molar-refractivity contribution in [1.82, 2.24) is 38.6 Å². The van der Waals surface area contributed by atoms with Crippen molar-refractivity contribution in [3.8, 4) is 11.4 Å². The van der Waals surface area contributed by atoms with Gasteiger partial charge in [-0.25, -0.2) is 24.7 Å². The molecule has 6 rings (SSSR count). The Hall–Kier alpha value is -4.79. The van der Waals surface area contributed by atoms with Crippen molar-refractivity contribution in [2.75, 3.05) is 37.0 Å². The number of Topliss-reactive ketones (excluding diaryl/α,β-unsaturated/α-hetero) is 1. The number of ether oxygens (including phenoxy) is 1. The molecule has 1 N–H and O–H groups in total. The predicted molar refractivity (Wildman–Crippen MR) is 146 cm³/mol.